The average Bonchev–Trinajstić information content (AvgIpc) is 2.35. The molecule has 0 aromatic rings. The lowest BCUT2D eigenvalue weighted by molar-refractivity contribution is -0.167. The summed E-state index contributed by atoms with van der Waals surface area (Å²) in [5, 5.41) is 0. The maximum atomic E-state index is 14.0. The molecule has 0 atom stereocenters. The predicted octanol–water partition coefficient (Wildman–Crippen LogP) is 0.959. The summed E-state index contributed by atoms with van der Waals surface area (Å²) in [6, 6.07) is 0. The maximum Gasteiger partial charge on any atom is 0.260 e. The van der Waals surface area contributed by atoms with Crippen molar-refractivity contribution in [3.05, 3.63) is 0 Å². The third-order valence-corrected chi connectivity index (χ3v) is 4.88. The first-order chi connectivity index (χ1) is 8.47. The van der Waals surface area contributed by atoms with Gasteiger partial charge in [0.2, 0.25) is 5.91 Å². The number of nitrogens with zero attached hydrogens (tertiary/aromatic N) is 2. The van der Waals surface area contributed by atoms with E-state index in [9.17, 15) is 14.0 Å². The van der Waals surface area contributed by atoms with Crippen LogP contribution in [0.4, 0.5) is 4.39 Å². The Hall–Kier alpha value is -1.13. The fourth-order valence-corrected chi connectivity index (χ4v) is 3.40. The molecule has 0 aromatic heterocycles. The summed E-state index contributed by atoms with van der Waals surface area (Å²) in [7, 11) is 1.80. The molecule has 2 saturated heterocycles. The molecule has 3 rings (SSSR count). The largest absolute Gasteiger partial charge is 0.344 e. The minimum atomic E-state index is -1.59. The van der Waals surface area contributed by atoms with Crippen molar-refractivity contribution in [2.45, 2.75) is 37.8 Å². The number of hydrogen-bond acceptors (Lipinski definition) is 2. The molecule has 4 nitrogen and oxygen atoms in total. The standard InChI is InChI=1S/C13H19FN2O2/c1-15-9-12(10(15)17)5-7-16(8-6-12)11(18)13(14)3-2-4-13/h2-9H2,1H3. The van der Waals surface area contributed by atoms with E-state index in [-0.39, 0.29) is 17.2 Å². The molecule has 0 radical (unpaired) electrons. The Morgan fingerprint density at radius 3 is 2.22 bits per heavy atom. The summed E-state index contributed by atoms with van der Waals surface area (Å²) in [6.07, 6.45) is 2.93. The molecular weight excluding hydrogens is 235 g/mol. The second kappa shape index (κ2) is 3.68. The quantitative estimate of drug-likeness (QED) is 0.654. The van der Waals surface area contributed by atoms with E-state index >= 15 is 0 Å². The summed E-state index contributed by atoms with van der Waals surface area (Å²) in [5.41, 5.74) is -1.83. The van der Waals surface area contributed by atoms with E-state index in [1.54, 1.807) is 16.8 Å². The molecule has 3 fully saturated rings. The Morgan fingerprint density at radius 2 is 1.83 bits per heavy atom. The minimum absolute atomic E-state index is 0.188. The van der Waals surface area contributed by atoms with Crippen molar-refractivity contribution in [2.24, 2.45) is 5.41 Å². The van der Waals surface area contributed by atoms with Gasteiger partial charge >= 0.3 is 0 Å². The molecule has 2 heterocycles. The molecule has 0 N–H and O–H groups in total. The van der Waals surface area contributed by atoms with Crippen LogP contribution in [0.2, 0.25) is 0 Å². The van der Waals surface area contributed by atoms with Gasteiger partial charge in [-0.05, 0) is 32.1 Å². The molecule has 0 unspecified atom stereocenters. The van der Waals surface area contributed by atoms with Crippen molar-refractivity contribution < 1.29 is 14.0 Å². The van der Waals surface area contributed by atoms with Crippen molar-refractivity contribution in [3.8, 4) is 0 Å². The zero-order valence-electron chi connectivity index (χ0n) is 10.7. The highest BCUT2D eigenvalue weighted by Crippen LogP contribution is 2.43. The van der Waals surface area contributed by atoms with Gasteiger partial charge < -0.3 is 9.80 Å². The number of rotatable bonds is 1. The van der Waals surface area contributed by atoms with Crippen LogP contribution >= 0.6 is 0 Å². The molecule has 3 aliphatic rings. The Bertz CT molecular complexity index is 398. The zero-order valence-corrected chi connectivity index (χ0v) is 10.7. The highest BCUT2D eigenvalue weighted by atomic mass is 19.1. The molecule has 18 heavy (non-hydrogen) atoms. The van der Waals surface area contributed by atoms with Gasteiger partial charge in [0.25, 0.3) is 5.91 Å². The van der Waals surface area contributed by atoms with Crippen LogP contribution in [0.25, 0.3) is 0 Å². The minimum Gasteiger partial charge on any atom is -0.344 e. The third kappa shape index (κ3) is 1.49. The second-order valence-electron chi connectivity index (χ2n) is 6.05. The number of carbonyl (C=O) groups excluding carboxylic acids is 2. The normalized spacial score (nSPS) is 28.9. The second-order valence-corrected chi connectivity index (χ2v) is 6.05. The molecule has 1 spiro atoms. The van der Waals surface area contributed by atoms with Crippen LogP contribution in [-0.2, 0) is 9.59 Å². The van der Waals surface area contributed by atoms with E-state index in [1.165, 1.54) is 0 Å². The summed E-state index contributed by atoms with van der Waals surface area (Å²) in [4.78, 5) is 27.2. The molecule has 0 aromatic carbocycles. The van der Waals surface area contributed by atoms with E-state index in [4.69, 9.17) is 0 Å². The molecule has 1 saturated carbocycles. The van der Waals surface area contributed by atoms with Crippen LogP contribution in [-0.4, -0.2) is 54.0 Å². The van der Waals surface area contributed by atoms with Crippen LogP contribution in [0, 0.1) is 5.41 Å². The van der Waals surface area contributed by atoms with Gasteiger partial charge in [-0.15, -0.1) is 0 Å². The van der Waals surface area contributed by atoms with Crippen LogP contribution in [0.3, 0.4) is 0 Å². The van der Waals surface area contributed by atoms with Gasteiger partial charge in [-0.1, -0.05) is 0 Å². The number of halogens is 1. The van der Waals surface area contributed by atoms with Gasteiger partial charge in [-0.2, -0.15) is 0 Å². The number of β-lactam (4-membered cyclic amide) rings is 1. The Kier molecular flexibility index (Phi) is 2.44. The smallest absolute Gasteiger partial charge is 0.260 e. The molecule has 1 aliphatic carbocycles. The summed E-state index contributed by atoms with van der Waals surface area (Å²) < 4.78 is 14.0. The predicted molar refractivity (Wildman–Crippen MR) is 63.6 cm³/mol. The lowest BCUT2D eigenvalue weighted by Gasteiger charge is -2.52. The molecule has 2 aliphatic heterocycles. The SMILES string of the molecule is CN1CC2(CCN(C(=O)C3(F)CCC3)CC2)C1=O. The van der Waals surface area contributed by atoms with Crippen LogP contribution < -0.4 is 0 Å². The van der Waals surface area contributed by atoms with Gasteiger partial charge in [-0.25, -0.2) is 4.39 Å². The first kappa shape index (κ1) is 11.9. The van der Waals surface area contributed by atoms with Crippen LogP contribution in [0.1, 0.15) is 32.1 Å². The lowest BCUT2D eigenvalue weighted by atomic mass is 9.71. The highest BCUT2D eigenvalue weighted by Gasteiger charge is 2.54. The Morgan fingerprint density at radius 1 is 1.22 bits per heavy atom. The first-order valence-electron chi connectivity index (χ1n) is 6.71. The fourth-order valence-electron chi connectivity index (χ4n) is 3.40. The van der Waals surface area contributed by atoms with E-state index in [1.807, 2.05) is 0 Å². The number of alkyl halides is 1. The molecule has 0 bridgehead atoms. The van der Waals surface area contributed by atoms with Gasteiger partial charge in [-0.3, -0.25) is 9.59 Å². The number of likely N-dealkylation sites (tertiary alicyclic amines) is 2. The topological polar surface area (TPSA) is 40.6 Å². The third-order valence-electron chi connectivity index (χ3n) is 4.88. The highest BCUT2D eigenvalue weighted by molar-refractivity contribution is 5.90. The van der Waals surface area contributed by atoms with E-state index in [2.05, 4.69) is 0 Å². The number of carbonyl (C=O) groups is 2. The monoisotopic (exact) mass is 254 g/mol. The zero-order chi connectivity index (χ0) is 13.0. The maximum absolute atomic E-state index is 14.0. The Balaban J connectivity index is 1.61. The van der Waals surface area contributed by atoms with Crippen LogP contribution in [0.15, 0.2) is 0 Å². The number of hydrogen-bond donors (Lipinski definition) is 0. The molecule has 5 heteroatoms. The van der Waals surface area contributed by atoms with Crippen molar-refractivity contribution in [1.82, 2.24) is 9.80 Å². The lowest BCUT2D eigenvalue weighted by Crippen LogP contribution is -2.64. The number of piperidine rings is 1. The van der Waals surface area contributed by atoms with E-state index in [0.29, 0.717) is 38.8 Å². The van der Waals surface area contributed by atoms with E-state index < -0.39 is 5.67 Å². The van der Waals surface area contributed by atoms with Crippen molar-refractivity contribution in [3.63, 3.8) is 0 Å². The molecular formula is C13H19FN2O2. The van der Waals surface area contributed by atoms with E-state index in [0.717, 1.165) is 13.0 Å². The van der Waals surface area contributed by atoms with Crippen LogP contribution in [0.5, 0.6) is 0 Å². The van der Waals surface area contributed by atoms with Gasteiger partial charge in [0.15, 0.2) is 5.67 Å². The first-order valence-corrected chi connectivity index (χ1v) is 6.71. The van der Waals surface area contributed by atoms with Gasteiger partial charge in [0, 0.05) is 26.7 Å². The van der Waals surface area contributed by atoms with Gasteiger partial charge in [0.1, 0.15) is 0 Å². The van der Waals surface area contributed by atoms with Crippen molar-refractivity contribution in [1.29, 1.82) is 0 Å². The summed E-state index contributed by atoms with van der Waals surface area (Å²) in [6.45, 7) is 1.85. The summed E-state index contributed by atoms with van der Waals surface area (Å²) in [5.74, 6) is -0.156. The molecule has 100 valence electrons. The summed E-state index contributed by atoms with van der Waals surface area (Å²) >= 11 is 0. The number of amides is 2. The fraction of sp³-hybridized carbons (Fsp3) is 0.846. The van der Waals surface area contributed by atoms with Crippen molar-refractivity contribution in [2.75, 3.05) is 26.7 Å². The Labute approximate surface area is 106 Å². The van der Waals surface area contributed by atoms with Gasteiger partial charge in [0.05, 0.1) is 5.41 Å². The molecule has 2 amide bonds. The van der Waals surface area contributed by atoms with Crippen molar-refractivity contribution >= 4 is 11.8 Å². The average molecular weight is 254 g/mol.